The number of anilines is 1. The monoisotopic (exact) mass is 443 g/mol. The lowest BCUT2D eigenvalue weighted by atomic mass is 10.2. The van der Waals surface area contributed by atoms with Gasteiger partial charge < -0.3 is 4.74 Å². The minimum absolute atomic E-state index is 0.0430. The van der Waals surface area contributed by atoms with Crippen LogP contribution in [-0.2, 0) is 16.6 Å². The van der Waals surface area contributed by atoms with Gasteiger partial charge in [0.05, 0.1) is 17.1 Å². The molecule has 0 atom stereocenters. The van der Waals surface area contributed by atoms with Crippen molar-refractivity contribution in [3.05, 3.63) is 82.9 Å². The molecule has 0 aliphatic carbocycles. The molecule has 30 heavy (non-hydrogen) atoms. The first-order valence-corrected chi connectivity index (χ1v) is 10.9. The number of halogens is 1. The lowest BCUT2D eigenvalue weighted by Crippen LogP contribution is -2.48. The van der Waals surface area contributed by atoms with Gasteiger partial charge >= 0.3 is 6.03 Å². The zero-order valence-electron chi connectivity index (χ0n) is 15.9. The van der Waals surface area contributed by atoms with Crippen molar-refractivity contribution in [2.75, 3.05) is 4.90 Å². The summed E-state index contributed by atoms with van der Waals surface area (Å²) >= 11 is 6.13. The van der Waals surface area contributed by atoms with Crippen LogP contribution in [0.4, 0.5) is 10.5 Å². The van der Waals surface area contributed by atoms with E-state index in [4.69, 9.17) is 16.3 Å². The Balaban J connectivity index is 1.61. The second-order valence-corrected chi connectivity index (χ2v) is 8.88. The number of para-hydroxylation sites is 1. The first-order valence-electron chi connectivity index (χ1n) is 9.05. The van der Waals surface area contributed by atoms with Gasteiger partial charge in [-0.25, -0.2) is 13.2 Å². The Hall–Kier alpha value is -3.07. The number of fused-ring (bicyclic) bond motifs is 2. The smallest absolute Gasteiger partial charge is 0.337 e. The highest BCUT2D eigenvalue weighted by Crippen LogP contribution is 2.40. The van der Waals surface area contributed by atoms with Gasteiger partial charge in [0.2, 0.25) is 0 Å². The number of nitrogens with zero attached hydrogens (tertiary/aromatic N) is 1. The molecule has 1 aliphatic heterocycles. The highest BCUT2D eigenvalue weighted by Gasteiger charge is 2.26. The van der Waals surface area contributed by atoms with Gasteiger partial charge in [0, 0.05) is 10.6 Å². The number of rotatable bonds is 3. The van der Waals surface area contributed by atoms with Crippen LogP contribution in [-0.4, -0.2) is 14.4 Å². The van der Waals surface area contributed by atoms with E-state index in [-0.39, 0.29) is 11.4 Å². The van der Waals surface area contributed by atoms with Crippen LogP contribution in [0.15, 0.2) is 71.6 Å². The van der Waals surface area contributed by atoms with Crippen LogP contribution in [0, 0.1) is 6.92 Å². The largest absolute Gasteiger partial charge is 0.455 e. The van der Waals surface area contributed by atoms with Crippen LogP contribution in [0.5, 0.6) is 11.5 Å². The van der Waals surface area contributed by atoms with E-state index < -0.39 is 16.1 Å². The van der Waals surface area contributed by atoms with Crippen LogP contribution >= 0.6 is 11.6 Å². The number of benzene rings is 3. The van der Waals surface area contributed by atoms with E-state index in [2.05, 4.69) is 10.3 Å². The van der Waals surface area contributed by atoms with Crippen LogP contribution < -0.4 is 19.9 Å². The molecule has 2 amide bonds. The predicted octanol–water partition coefficient (Wildman–Crippen LogP) is 4.36. The van der Waals surface area contributed by atoms with Crippen molar-refractivity contribution >= 4 is 33.3 Å². The van der Waals surface area contributed by atoms with Crippen LogP contribution in [0.2, 0.25) is 5.02 Å². The number of sulfonamides is 1. The molecule has 9 heteroatoms. The molecule has 4 rings (SSSR count). The van der Waals surface area contributed by atoms with Gasteiger partial charge in [-0.05, 0) is 43.3 Å². The van der Waals surface area contributed by atoms with E-state index >= 15 is 0 Å². The molecule has 0 unspecified atom stereocenters. The average Bonchev–Trinajstić information content (AvgIpc) is 2.89. The fraction of sp³-hybridized carbons (Fsp3) is 0.0952. The van der Waals surface area contributed by atoms with E-state index in [1.807, 2.05) is 25.1 Å². The highest BCUT2D eigenvalue weighted by molar-refractivity contribution is 7.89. The summed E-state index contributed by atoms with van der Waals surface area (Å²) in [6.45, 7) is 2.02. The summed E-state index contributed by atoms with van der Waals surface area (Å²) in [5.74, 6) is 1.04. The molecule has 3 aromatic carbocycles. The molecule has 0 saturated heterocycles. The summed E-state index contributed by atoms with van der Waals surface area (Å²) in [5, 5.41) is 0.418. The number of hydrogen-bond donors (Lipinski definition) is 2. The molecular formula is C21H18ClN3O4S. The Kier molecular flexibility index (Phi) is 5.38. The van der Waals surface area contributed by atoms with Crippen molar-refractivity contribution in [2.45, 2.75) is 18.4 Å². The fourth-order valence-electron chi connectivity index (χ4n) is 3.03. The standard InChI is InChI=1S/C21H18ClN3O4S/c1-14-6-9-17(10-7-14)30(27,28)24-23-21(26)25-13-15-4-2-3-5-19(15)29-20-11-8-16(22)12-18(20)25/h2-12,24H,13H2,1H3,(H,23,26). The van der Waals surface area contributed by atoms with Gasteiger partial charge in [0.1, 0.15) is 5.75 Å². The maximum absolute atomic E-state index is 13.0. The Labute approximate surface area is 179 Å². The molecular weight excluding hydrogens is 426 g/mol. The summed E-state index contributed by atoms with van der Waals surface area (Å²) in [4.78, 5) is 16.5. The number of amides is 2. The van der Waals surface area contributed by atoms with Crippen molar-refractivity contribution in [1.29, 1.82) is 0 Å². The first-order chi connectivity index (χ1) is 14.3. The van der Waals surface area contributed by atoms with E-state index in [0.717, 1.165) is 11.1 Å². The van der Waals surface area contributed by atoms with Crippen LogP contribution in [0.3, 0.4) is 0 Å². The number of aryl methyl sites for hydroxylation is 1. The third-order valence-corrected chi connectivity index (χ3v) is 6.10. The number of carbonyl (C=O) groups excluding carboxylic acids is 1. The van der Waals surface area contributed by atoms with Gasteiger partial charge in [-0.3, -0.25) is 10.3 Å². The number of nitrogens with one attached hydrogen (secondary N) is 2. The highest BCUT2D eigenvalue weighted by atomic mass is 35.5. The lowest BCUT2D eigenvalue weighted by molar-refractivity contribution is 0.244. The van der Waals surface area contributed by atoms with Gasteiger partial charge in [0.15, 0.2) is 5.75 Å². The SMILES string of the molecule is Cc1ccc(S(=O)(=O)NNC(=O)N2Cc3ccccc3Oc3ccc(Cl)cc32)cc1. The van der Waals surface area contributed by atoms with Gasteiger partial charge in [-0.2, -0.15) is 0 Å². The van der Waals surface area contributed by atoms with Crippen molar-refractivity contribution in [3.63, 3.8) is 0 Å². The lowest BCUT2D eigenvalue weighted by Gasteiger charge is -2.22. The third kappa shape index (κ3) is 4.11. The summed E-state index contributed by atoms with van der Waals surface area (Å²) < 4.78 is 31.0. The Morgan fingerprint density at radius 1 is 1.03 bits per heavy atom. The molecule has 1 heterocycles. The van der Waals surface area contributed by atoms with Crippen molar-refractivity contribution in [1.82, 2.24) is 10.3 Å². The summed E-state index contributed by atoms with van der Waals surface area (Å²) in [7, 11) is -3.93. The summed E-state index contributed by atoms with van der Waals surface area (Å²) in [5.41, 5.74) is 4.39. The molecule has 0 radical (unpaired) electrons. The Morgan fingerprint density at radius 2 is 1.77 bits per heavy atom. The van der Waals surface area contributed by atoms with Crippen molar-refractivity contribution in [2.24, 2.45) is 0 Å². The number of hydrazine groups is 1. The second kappa shape index (κ2) is 7.98. The van der Waals surface area contributed by atoms with Crippen molar-refractivity contribution in [3.8, 4) is 11.5 Å². The number of ether oxygens (including phenoxy) is 1. The normalized spacial score (nSPS) is 12.9. The van der Waals surface area contributed by atoms with Gasteiger partial charge in [-0.1, -0.05) is 47.5 Å². The quantitative estimate of drug-likeness (QED) is 0.588. The maximum atomic E-state index is 13.0. The van der Waals surface area contributed by atoms with E-state index in [1.54, 1.807) is 36.4 Å². The molecule has 154 valence electrons. The third-order valence-electron chi connectivity index (χ3n) is 4.60. The maximum Gasteiger partial charge on any atom is 0.337 e. The molecule has 2 N–H and O–H groups in total. The fourth-order valence-corrected chi connectivity index (χ4v) is 4.03. The summed E-state index contributed by atoms with van der Waals surface area (Å²) in [6.07, 6.45) is 0. The summed E-state index contributed by atoms with van der Waals surface area (Å²) in [6, 6.07) is 17.8. The molecule has 0 bridgehead atoms. The molecule has 3 aromatic rings. The molecule has 0 aromatic heterocycles. The topological polar surface area (TPSA) is 87.7 Å². The molecule has 7 nitrogen and oxygen atoms in total. The molecule has 0 spiro atoms. The zero-order chi connectivity index (χ0) is 21.3. The number of urea groups is 1. The minimum Gasteiger partial charge on any atom is -0.455 e. The minimum atomic E-state index is -3.93. The molecule has 0 saturated carbocycles. The van der Waals surface area contributed by atoms with E-state index in [1.165, 1.54) is 17.0 Å². The van der Waals surface area contributed by atoms with E-state index in [0.29, 0.717) is 22.2 Å². The second-order valence-electron chi connectivity index (χ2n) is 6.76. The zero-order valence-corrected chi connectivity index (χ0v) is 17.5. The Morgan fingerprint density at radius 3 is 2.53 bits per heavy atom. The average molecular weight is 444 g/mol. The first kappa shape index (κ1) is 20.2. The molecule has 0 fully saturated rings. The van der Waals surface area contributed by atoms with Gasteiger partial charge in [-0.15, -0.1) is 4.83 Å². The van der Waals surface area contributed by atoms with Crippen LogP contribution in [0.25, 0.3) is 0 Å². The number of hydrogen-bond acceptors (Lipinski definition) is 4. The molecule has 1 aliphatic rings. The van der Waals surface area contributed by atoms with E-state index in [9.17, 15) is 13.2 Å². The predicted molar refractivity (Wildman–Crippen MR) is 114 cm³/mol. The van der Waals surface area contributed by atoms with Gasteiger partial charge in [0.25, 0.3) is 10.0 Å². The van der Waals surface area contributed by atoms with Crippen LogP contribution in [0.1, 0.15) is 11.1 Å². The van der Waals surface area contributed by atoms with Crippen molar-refractivity contribution < 1.29 is 17.9 Å². The number of carbonyl (C=O) groups is 1. The Bertz CT molecular complexity index is 1210.